The van der Waals surface area contributed by atoms with Crippen LogP contribution in [-0.2, 0) is 25.9 Å². The molecule has 11 nitrogen and oxygen atoms in total. The highest BCUT2D eigenvalue weighted by Crippen LogP contribution is 2.39. The molecule has 0 aliphatic rings. The predicted molar refractivity (Wildman–Crippen MR) is 226 cm³/mol. The Morgan fingerprint density at radius 1 is 0.833 bits per heavy atom. The molecule has 0 saturated carbocycles. The van der Waals surface area contributed by atoms with Crippen molar-refractivity contribution in [3.05, 3.63) is 60.3 Å². The monoisotopic (exact) mass is 796 g/mol. The van der Waals surface area contributed by atoms with E-state index in [0.29, 0.717) is 62.2 Å². The van der Waals surface area contributed by atoms with Crippen LogP contribution in [0.15, 0.2) is 48.9 Å². The molecule has 14 heteroatoms. The SMILES string of the molecule is COCCOc1cc(-c2cccc(C(O)(CCCO[Si](C)(C)C(C)(C)C)NSC(C)(C)C)n2)cc2c1cnn2-c1cncc(CO[Si](C)(C)C(C)(C)C)n1. The molecule has 1 unspecified atom stereocenters. The molecule has 0 amide bonds. The normalized spacial score (nSPS) is 14.4. The Bertz CT molecular complexity index is 1850. The summed E-state index contributed by atoms with van der Waals surface area (Å²) in [6, 6.07) is 9.75. The van der Waals surface area contributed by atoms with E-state index in [1.165, 1.54) is 11.9 Å². The molecule has 0 radical (unpaired) electrons. The Kier molecular flexibility index (Phi) is 14.0. The van der Waals surface area contributed by atoms with E-state index in [1.54, 1.807) is 30.4 Å². The lowest BCUT2D eigenvalue weighted by Gasteiger charge is -2.37. The van der Waals surface area contributed by atoms with Crippen LogP contribution in [-0.4, -0.2) is 78.2 Å². The van der Waals surface area contributed by atoms with Gasteiger partial charge in [0.1, 0.15) is 12.4 Å². The van der Waals surface area contributed by atoms with E-state index >= 15 is 0 Å². The highest BCUT2D eigenvalue weighted by atomic mass is 32.2. The van der Waals surface area contributed by atoms with Gasteiger partial charge in [-0.25, -0.2) is 19.4 Å². The molecule has 0 spiro atoms. The molecule has 3 heterocycles. The minimum atomic E-state index is -1.99. The third-order valence-electron chi connectivity index (χ3n) is 10.4. The highest BCUT2D eigenvalue weighted by molar-refractivity contribution is 7.98. The quantitative estimate of drug-likeness (QED) is 0.0460. The lowest BCUT2D eigenvalue weighted by molar-refractivity contribution is 0.00825. The molecule has 0 saturated heterocycles. The number of benzene rings is 1. The van der Waals surface area contributed by atoms with E-state index in [4.69, 9.17) is 33.4 Å². The predicted octanol–water partition coefficient (Wildman–Crippen LogP) is 9.41. The molecule has 0 aliphatic carbocycles. The summed E-state index contributed by atoms with van der Waals surface area (Å²) < 4.78 is 29.5. The fourth-order valence-electron chi connectivity index (χ4n) is 4.98. The number of methoxy groups -OCH3 is 1. The third kappa shape index (κ3) is 11.2. The van der Waals surface area contributed by atoms with Crippen LogP contribution in [0.4, 0.5) is 0 Å². The maximum absolute atomic E-state index is 12.3. The number of fused-ring (bicyclic) bond motifs is 1. The van der Waals surface area contributed by atoms with Crippen molar-refractivity contribution in [2.75, 3.05) is 26.9 Å². The van der Waals surface area contributed by atoms with Gasteiger partial charge in [0.05, 0.1) is 59.8 Å². The van der Waals surface area contributed by atoms with Crippen LogP contribution in [0.25, 0.3) is 28.0 Å². The van der Waals surface area contributed by atoms with Gasteiger partial charge in [-0.2, -0.15) is 5.10 Å². The van der Waals surface area contributed by atoms with Gasteiger partial charge in [0.25, 0.3) is 0 Å². The van der Waals surface area contributed by atoms with Gasteiger partial charge in [-0.1, -0.05) is 59.6 Å². The number of aliphatic hydroxyl groups is 1. The first-order valence-corrected chi connectivity index (χ1v) is 25.5. The summed E-state index contributed by atoms with van der Waals surface area (Å²) >= 11 is 1.49. The Morgan fingerprint density at radius 2 is 1.52 bits per heavy atom. The molecular formula is C40H64N6O5SSi2. The fourth-order valence-corrected chi connectivity index (χ4v) is 7.69. The lowest BCUT2D eigenvalue weighted by Crippen LogP contribution is -2.43. The Balaban J connectivity index is 1.73. The summed E-state index contributed by atoms with van der Waals surface area (Å²) in [6.07, 6.45) is 6.31. The number of hydrogen-bond acceptors (Lipinski definition) is 11. The fraction of sp³-hybridized carbons (Fsp3) is 0.600. The van der Waals surface area contributed by atoms with Crippen molar-refractivity contribution in [2.45, 2.75) is 128 Å². The average Bonchev–Trinajstić information content (AvgIpc) is 3.52. The zero-order valence-electron chi connectivity index (χ0n) is 35.1. The first-order chi connectivity index (χ1) is 25.0. The molecule has 0 fully saturated rings. The summed E-state index contributed by atoms with van der Waals surface area (Å²) in [6.45, 7) is 30.4. The lowest BCUT2D eigenvalue weighted by atomic mass is 10.0. The largest absolute Gasteiger partial charge is 0.490 e. The van der Waals surface area contributed by atoms with E-state index in [9.17, 15) is 5.11 Å². The van der Waals surface area contributed by atoms with Crippen molar-refractivity contribution in [3.63, 3.8) is 0 Å². The van der Waals surface area contributed by atoms with Gasteiger partial charge in [-0.15, -0.1) is 0 Å². The van der Waals surface area contributed by atoms with Gasteiger partial charge >= 0.3 is 0 Å². The van der Waals surface area contributed by atoms with Gasteiger partial charge < -0.3 is 23.4 Å². The summed E-state index contributed by atoms with van der Waals surface area (Å²) in [5.74, 6) is 1.21. The molecule has 4 aromatic rings. The maximum atomic E-state index is 12.3. The first-order valence-electron chi connectivity index (χ1n) is 18.8. The molecule has 54 heavy (non-hydrogen) atoms. The second-order valence-corrected chi connectivity index (χ2v) is 29.3. The van der Waals surface area contributed by atoms with E-state index in [1.807, 2.05) is 30.3 Å². The van der Waals surface area contributed by atoms with Crippen LogP contribution >= 0.6 is 11.9 Å². The minimum absolute atomic E-state index is 0.0768. The van der Waals surface area contributed by atoms with Gasteiger partial charge in [0, 0.05) is 24.0 Å². The van der Waals surface area contributed by atoms with Crippen LogP contribution in [0.2, 0.25) is 36.3 Å². The molecule has 4 rings (SSSR count). The summed E-state index contributed by atoms with van der Waals surface area (Å²) in [5.41, 5.74) is 2.12. The van der Waals surface area contributed by atoms with Crippen LogP contribution in [0, 0.1) is 0 Å². The summed E-state index contributed by atoms with van der Waals surface area (Å²) in [5, 5.41) is 18.0. The molecular weight excluding hydrogens is 733 g/mol. The van der Waals surface area contributed by atoms with Crippen LogP contribution < -0.4 is 9.46 Å². The Morgan fingerprint density at radius 3 is 2.17 bits per heavy atom. The van der Waals surface area contributed by atoms with Crippen molar-refractivity contribution >= 4 is 39.5 Å². The van der Waals surface area contributed by atoms with Crippen molar-refractivity contribution in [1.29, 1.82) is 0 Å². The second kappa shape index (κ2) is 17.2. The molecule has 298 valence electrons. The smallest absolute Gasteiger partial charge is 0.192 e. The number of ether oxygens (including phenoxy) is 2. The molecule has 2 N–H and O–H groups in total. The van der Waals surface area contributed by atoms with Crippen molar-refractivity contribution < 1.29 is 23.4 Å². The number of rotatable bonds is 17. The zero-order chi connectivity index (χ0) is 40.2. The van der Waals surface area contributed by atoms with Crippen LogP contribution in [0.3, 0.4) is 0 Å². The number of pyridine rings is 1. The van der Waals surface area contributed by atoms with E-state index in [2.05, 4.69) is 98.2 Å². The van der Waals surface area contributed by atoms with Gasteiger partial charge in [-0.05, 0) is 94.1 Å². The maximum Gasteiger partial charge on any atom is 0.192 e. The molecule has 1 aromatic carbocycles. The average molecular weight is 797 g/mol. The third-order valence-corrected chi connectivity index (χ3v) is 20.5. The number of aromatic nitrogens is 5. The molecule has 0 aliphatic heterocycles. The van der Waals surface area contributed by atoms with Gasteiger partial charge in [0.2, 0.25) is 0 Å². The Hall–Kier alpha value is -2.70. The molecule has 0 bridgehead atoms. The van der Waals surface area contributed by atoms with E-state index < -0.39 is 22.4 Å². The van der Waals surface area contributed by atoms with Crippen molar-refractivity contribution in [1.82, 2.24) is 29.5 Å². The summed E-state index contributed by atoms with van der Waals surface area (Å²) in [7, 11) is -2.28. The molecule has 1 atom stereocenters. The number of hydrogen-bond donors (Lipinski definition) is 2. The van der Waals surface area contributed by atoms with E-state index in [0.717, 1.165) is 22.2 Å². The van der Waals surface area contributed by atoms with Gasteiger partial charge in [-0.3, -0.25) is 4.98 Å². The molecule has 3 aromatic heterocycles. The topological polar surface area (TPSA) is 126 Å². The number of nitrogens with zero attached hydrogens (tertiary/aromatic N) is 5. The summed E-state index contributed by atoms with van der Waals surface area (Å²) in [4.78, 5) is 14.5. The van der Waals surface area contributed by atoms with E-state index in [-0.39, 0.29) is 14.8 Å². The van der Waals surface area contributed by atoms with Gasteiger partial charge in [0.15, 0.2) is 28.2 Å². The minimum Gasteiger partial charge on any atom is -0.490 e. The number of nitrogens with one attached hydrogen (secondary N) is 1. The Labute approximate surface area is 329 Å². The highest BCUT2D eigenvalue weighted by Gasteiger charge is 2.39. The standard InChI is InChI=1S/C40H64N6O5SSi2/c1-37(2,3)52-45-40(47,19-16-20-50-53(11,12)38(4,5)6)35-18-15-17-32(44-35)29-23-33-31(34(24-29)49-22-21-48-10)26-42-46(33)36-27-41-25-30(43-36)28-51-54(13,14)39(7,8)9/h15,17-18,23-27,45,47H,16,19-22,28H2,1-14H3. The first kappa shape index (κ1) is 44.0. The van der Waals surface area contributed by atoms with Crippen LogP contribution in [0.5, 0.6) is 5.75 Å². The second-order valence-electron chi connectivity index (χ2n) is 18.0. The van der Waals surface area contributed by atoms with Crippen molar-refractivity contribution in [3.8, 4) is 22.8 Å². The zero-order valence-corrected chi connectivity index (χ0v) is 37.9. The van der Waals surface area contributed by atoms with Crippen LogP contribution in [0.1, 0.15) is 86.5 Å². The van der Waals surface area contributed by atoms with Crippen molar-refractivity contribution in [2.24, 2.45) is 0 Å².